The van der Waals surface area contributed by atoms with Crippen LogP contribution in [-0.2, 0) is 30.5 Å². The third kappa shape index (κ3) is 6.09. The maximum absolute atomic E-state index is 13.5. The Morgan fingerprint density at radius 1 is 0.902 bits per heavy atom. The van der Waals surface area contributed by atoms with Crippen LogP contribution in [0.4, 0.5) is 4.79 Å². The van der Waals surface area contributed by atoms with Gasteiger partial charge in [0.05, 0.1) is 6.42 Å². The van der Waals surface area contributed by atoms with Crippen LogP contribution in [-0.4, -0.2) is 59.2 Å². The Kier molecular flexibility index (Phi) is 8.33. The van der Waals surface area contributed by atoms with E-state index in [9.17, 15) is 24.3 Å². The van der Waals surface area contributed by atoms with Gasteiger partial charge in [0, 0.05) is 12.5 Å². The van der Waals surface area contributed by atoms with Crippen LogP contribution in [0, 0.1) is 5.92 Å². The molecule has 9 heteroatoms. The Morgan fingerprint density at radius 2 is 1.51 bits per heavy atom. The van der Waals surface area contributed by atoms with Gasteiger partial charge in [0.2, 0.25) is 5.91 Å². The molecule has 41 heavy (non-hydrogen) atoms. The third-order valence-corrected chi connectivity index (χ3v) is 7.78. The number of rotatable bonds is 9. The predicted octanol–water partition coefficient (Wildman–Crippen LogP) is 4.35. The minimum atomic E-state index is -1.35. The highest BCUT2D eigenvalue weighted by atomic mass is 16.5. The zero-order chi connectivity index (χ0) is 28.9. The molecule has 9 nitrogen and oxygen atoms in total. The fraction of sp³-hybridized carbons (Fsp3) is 0.312. The largest absolute Gasteiger partial charge is 0.480 e. The lowest BCUT2D eigenvalue weighted by Crippen LogP contribution is -2.53. The monoisotopic (exact) mass is 556 g/mol. The Hall–Kier alpha value is -4.66. The average molecular weight is 557 g/mol. The number of alkyl carbamates (subject to hydrolysis) is 1. The number of ether oxygens (including phenoxy) is 2. The van der Waals surface area contributed by atoms with Crippen molar-refractivity contribution < 1.29 is 33.8 Å². The molecule has 0 aromatic heterocycles. The quantitative estimate of drug-likeness (QED) is 0.376. The standard InChI is InChI=1S/C32H32N2O7/c1-20-15-16-34(29(20)31(37)38)30(36)27(17-28(35)40-18-21-9-3-2-4-10-21)33-32(39)41-19-26-24-13-7-5-11-22(24)23-12-6-8-14-25(23)26/h2-14,20,26-27,29H,15-19H2,1H3,(H,33,39)(H,37,38)/t20?,27-,29?/m0/s1. The average Bonchev–Trinajstić information content (AvgIpc) is 3.52. The molecule has 2 N–H and O–H groups in total. The van der Waals surface area contributed by atoms with Crippen molar-refractivity contribution in [2.45, 2.75) is 44.4 Å². The summed E-state index contributed by atoms with van der Waals surface area (Å²) in [6.45, 7) is 1.99. The third-order valence-electron chi connectivity index (χ3n) is 7.78. The van der Waals surface area contributed by atoms with Gasteiger partial charge < -0.3 is 24.8 Å². The van der Waals surface area contributed by atoms with Gasteiger partial charge in [0.25, 0.3) is 0 Å². The molecule has 3 aromatic rings. The summed E-state index contributed by atoms with van der Waals surface area (Å²) >= 11 is 0. The molecule has 2 amide bonds. The van der Waals surface area contributed by atoms with Crippen molar-refractivity contribution in [3.63, 3.8) is 0 Å². The van der Waals surface area contributed by atoms with Gasteiger partial charge in [-0.25, -0.2) is 9.59 Å². The Bertz CT molecular complexity index is 1400. The minimum Gasteiger partial charge on any atom is -0.480 e. The van der Waals surface area contributed by atoms with Crippen LogP contribution in [0.2, 0.25) is 0 Å². The van der Waals surface area contributed by atoms with Gasteiger partial charge in [-0.1, -0.05) is 85.8 Å². The van der Waals surface area contributed by atoms with E-state index in [0.717, 1.165) is 27.8 Å². The first-order valence-electron chi connectivity index (χ1n) is 13.7. The summed E-state index contributed by atoms with van der Waals surface area (Å²) in [6.07, 6.45) is -0.841. The predicted molar refractivity (Wildman–Crippen MR) is 150 cm³/mol. The summed E-state index contributed by atoms with van der Waals surface area (Å²) in [5.74, 6) is -2.95. The number of carbonyl (C=O) groups excluding carboxylic acids is 3. The molecular weight excluding hydrogens is 524 g/mol. The highest BCUT2D eigenvalue weighted by Gasteiger charge is 2.42. The maximum Gasteiger partial charge on any atom is 0.407 e. The smallest absolute Gasteiger partial charge is 0.407 e. The number of benzene rings is 3. The summed E-state index contributed by atoms with van der Waals surface area (Å²) in [5.41, 5.74) is 5.00. The number of nitrogens with zero attached hydrogens (tertiary/aromatic N) is 1. The number of likely N-dealkylation sites (tertiary alicyclic amines) is 1. The molecule has 3 atom stereocenters. The number of hydrogen-bond acceptors (Lipinski definition) is 6. The van der Waals surface area contributed by atoms with Gasteiger partial charge in [-0.2, -0.15) is 0 Å². The van der Waals surface area contributed by atoms with Crippen molar-refractivity contribution in [1.29, 1.82) is 0 Å². The van der Waals surface area contributed by atoms with Crippen LogP contribution in [0.3, 0.4) is 0 Å². The molecule has 3 aromatic carbocycles. The van der Waals surface area contributed by atoms with E-state index in [2.05, 4.69) is 5.32 Å². The molecule has 1 heterocycles. The molecular formula is C32H32N2O7. The zero-order valence-corrected chi connectivity index (χ0v) is 22.7. The summed E-state index contributed by atoms with van der Waals surface area (Å²) in [4.78, 5) is 52.4. The van der Waals surface area contributed by atoms with Crippen LogP contribution in [0.5, 0.6) is 0 Å². The van der Waals surface area contributed by atoms with Crippen molar-refractivity contribution in [3.8, 4) is 11.1 Å². The molecule has 1 aliphatic carbocycles. The summed E-state index contributed by atoms with van der Waals surface area (Å²) in [5, 5.41) is 12.2. The maximum atomic E-state index is 13.5. The highest BCUT2D eigenvalue weighted by Crippen LogP contribution is 2.44. The van der Waals surface area contributed by atoms with Gasteiger partial charge in [-0.05, 0) is 40.2 Å². The van der Waals surface area contributed by atoms with Gasteiger partial charge in [-0.3, -0.25) is 9.59 Å². The fourth-order valence-electron chi connectivity index (χ4n) is 5.72. The second kappa shape index (κ2) is 12.2. The molecule has 1 saturated heterocycles. The van der Waals surface area contributed by atoms with Gasteiger partial charge >= 0.3 is 18.0 Å². The van der Waals surface area contributed by atoms with Crippen molar-refractivity contribution in [1.82, 2.24) is 10.2 Å². The Balaban J connectivity index is 1.28. The van der Waals surface area contributed by atoms with Crippen molar-refractivity contribution in [2.24, 2.45) is 5.92 Å². The molecule has 1 fully saturated rings. The summed E-state index contributed by atoms with van der Waals surface area (Å²) in [7, 11) is 0. The fourth-order valence-corrected chi connectivity index (χ4v) is 5.72. The molecule has 5 rings (SSSR count). The van der Waals surface area contributed by atoms with Crippen LogP contribution in [0.1, 0.15) is 42.4 Å². The lowest BCUT2D eigenvalue weighted by Gasteiger charge is -2.28. The second-order valence-electron chi connectivity index (χ2n) is 10.5. The number of aliphatic carboxylic acids is 1. The van der Waals surface area contributed by atoms with E-state index >= 15 is 0 Å². The number of nitrogens with one attached hydrogen (secondary N) is 1. The number of carboxylic acids is 1. The minimum absolute atomic E-state index is 0.00400. The van der Waals surface area contributed by atoms with Crippen LogP contribution in [0.15, 0.2) is 78.9 Å². The van der Waals surface area contributed by atoms with E-state index in [1.165, 1.54) is 4.90 Å². The molecule has 0 radical (unpaired) electrons. The molecule has 2 unspecified atom stereocenters. The van der Waals surface area contributed by atoms with Crippen molar-refractivity contribution in [2.75, 3.05) is 13.2 Å². The topological polar surface area (TPSA) is 122 Å². The second-order valence-corrected chi connectivity index (χ2v) is 10.5. The molecule has 0 spiro atoms. The molecule has 2 aliphatic rings. The Morgan fingerprint density at radius 3 is 2.15 bits per heavy atom. The van der Waals surface area contributed by atoms with E-state index in [0.29, 0.717) is 6.42 Å². The number of amides is 2. The van der Waals surface area contributed by atoms with E-state index in [1.54, 1.807) is 19.1 Å². The molecule has 1 aliphatic heterocycles. The summed E-state index contributed by atoms with van der Waals surface area (Å²) in [6, 6.07) is 22.5. The lowest BCUT2D eigenvalue weighted by molar-refractivity contribution is -0.152. The van der Waals surface area contributed by atoms with Gasteiger partial charge in [0.15, 0.2) is 0 Å². The number of hydrogen-bond donors (Lipinski definition) is 2. The first-order valence-corrected chi connectivity index (χ1v) is 13.7. The van der Waals surface area contributed by atoms with Crippen LogP contribution in [0.25, 0.3) is 11.1 Å². The Labute approximate surface area is 238 Å². The van der Waals surface area contributed by atoms with Gasteiger partial charge in [0.1, 0.15) is 25.3 Å². The molecule has 0 bridgehead atoms. The number of carbonyl (C=O) groups is 4. The van der Waals surface area contributed by atoms with E-state index in [4.69, 9.17) is 9.47 Å². The molecule has 0 saturated carbocycles. The van der Waals surface area contributed by atoms with Crippen LogP contribution >= 0.6 is 0 Å². The molecule has 212 valence electrons. The normalized spacial score (nSPS) is 18.2. The lowest BCUT2D eigenvalue weighted by atomic mass is 9.98. The SMILES string of the molecule is CC1CCN(C(=O)[C@H](CC(=O)OCc2ccccc2)NC(=O)OCC2c3ccccc3-c3ccccc32)C1C(=O)O. The van der Waals surface area contributed by atoms with Gasteiger partial charge in [-0.15, -0.1) is 0 Å². The first kappa shape index (κ1) is 27.9. The first-order chi connectivity index (χ1) is 19.8. The number of carboxylic acid groups (broad SMARTS) is 1. The van der Waals surface area contributed by atoms with E-state index in [-0.39, 0.29) is 31.6 Å². The number of fused-ring (bicyclic) bond motifs is 3. The van der Waals surface area contributed by atoms with Crippen molar-refractivity contribution in [3.05, 3.63) is 95.6 Å². The highest BCUT2D eigenvalue weighted by molar-refractivity contribution is 5.92. The number of esters is 1. The van der Waals surface area contributed by atoms with Crippen LogP contribution < -0.4 is 5.32 Å². The van der Waals surface area contributed by atoms with Crippen molar-refractivity contribution >= 4 is 23.9 Å². The van der Waals surface area contributed by atoms with E-state index in [1.807, 2.05) is 66.7 Å². The zero-order valence-electron chi connectivity index (χ0n) is 22.7. The summed E-state index contributed by atoms with van der Waals surface area (Å²) < 4.78 is 10.9. The van der Waals surface area contributed by atoms with E-state index < -0.39 is 42.4 Å².